The van der Waals surface area contributed by atoms with Gasteiger partial charge in [0.25, 0.3) is 0 Å². The summed E-state index contributed by atoms with van der Waals surface area (Å²) in [4.78, 5) is 39.5. The van der Waals surface area contributed by atoms with Gasteiger partial charge in [-0.2, -0.15) is 0 Å². The summed E-state index contributed by atoms with van der Waals surface area (Å²) in [5, 5.41) is 0. The normalized spacial score (nSPS) is 16.2. The Bertz CT molecular complexity index is 1250. The van der Waals surface area contributed by atoms with Gasteiger partial charge in [-0.3, -0.25) is 14.4 Å². The van der Waals surface area contributed by atoms with Crippen molar-refractivity contribution in [3.8, 4) is 11.5 Å². The highest BCUT2D eigenvalue weighted by atomic mass is 16.5. The number of carbonyl (C=O) groups excluding carboxylic acids is 3. The zero-order valence-electron chi connectivity index (χ0n) is 21.1. The molecule has 0 unspecified atom stereocenters. The lowest BCUT2D eigenvalue weighted by Gasteiger charge is -2.19. The first-order valence-corrected chi connectivity index (χ1v) is 12.2. The van der Waals surface area contributed by atoms with Crippen LogP contribution in [0.25, 0.3) is 0 Å². The van der Waals surface area contributed by atoms with E-state index in [1.807, 2.05) is 43.3 Å². The molecule has 36 heavy (non-hydrogen) atoms. The largest absolute Gasteiger partial charge is 0.457 e. The number of nitrogens with zero attached hydrogens (tertiary/aromatic N) is 1. The maximum Gasteiger partial charge on any atom is 0.312 e. The predicted molar refractivity (Wildman–Crippen MR) is 139 cm³/mol. The number of carbonyl (C=O) groups is 3. The van der Waals surface area contributed by atoms with E-state index in [9.17, 15) is 14.4 Å². The topological polar surface area (TPSA) is 72.9 Å². The van der Waals surface area contributed by atoms with Gasteiger partial charge in [0.1, 0.15) is 11.5 Å². The molecule has 186 valence electrons. The highest BCUT2D eigenvalue weighted by Crippen LogP contribution is 2.33. The Morgan fingerprint density at radius 3 is 2.31 bits per heavy atom. The third-order valence-corrected chi connectivity index (χ3v) is 6.35. The van der Waals surface area contributed by atoms with Crippen molar-refractivity contribution in [1.82, 2.24) is 0 Å². The van der Waals surface area contributed by atoms with Gasteiger partial charge in [-0.15, -0.1) is 0 Å². The van der Waals surface area contributed by atoms with E-state index in [1.165, 1.54) is 0 Å². The molecule has 1 saturated heterocycles. The van der Waals surface area contributed by atoms with Gasteiger partial charge in [0.05, 0.1) is 5.92 Å². The van der Waals surface area contributed by atoms with Gasteiger partial charge >= 0.3 is 5.97 Å². The van der Waals surface area contributed by atoms with E-state index in [2.05, 4.69) is 26.0 Å². The lowest BCUT2D eigenvalue weighted by atomic mass is 10.0. The summed E-state index contributed by atoms with van der Waals surface area (Å²) in [6.45, 7) is 8.04. The Hall–Kier alpha value is -3.93. The van der Waals surface area contributed by atoms with Crippen LogP contribution in [0.5, 0.6) is 11.5 Å². The van der Waals surface area contributed by atoms with Crippen molar-refractivity contribution in [3.05, 3.63) is 89.5 Å². The maximum absolute atomic E-state index is 12.7. The first kappa shape index (κ1) is 25.2. The molecular formula is C30H31NO5. The van der Waals surface area contributed by atoms with Gasteiger partial charge < -0.3 is 14.4 Å². The number of rotatable bonds is 8. The molecule has 3 aromatic carbocycles. The lowest BCUT2D eigenvalue weighted by molar-refractivity contribution is -0.151. The van der Waals surface area contributed by atoms with E-state index in [-0.39, 0.29) is 24.7 Å². The number of esters is 1. The number of Topliss-reactive ketones (excluding diaryl/α,β-unsaturated/α-hetero) is 1. The average molecular weight is 486 g/mol. The minimum atomic E-state index is -0.919. The minimum absolute atomic E-state index is 0.0460. The number of amides is 1. The average Bonchev–Trinajstić information content (AvgIpc) is 3.26. The molecular weight excluding hydrogens is 454 g/mol. The van der Waals surface area contributed by atoms with Gasteiger partial charge in [0, 0.05) is 24.2 Å². The summed E-state index contributed by atoms with van der Waals surface area (Å²) < 4.78 is 11.6. The number of aryl methyl sites for hydroxylation is 1. The van der Waals surface area contributed by atoms with Gasteiger partial charge in [-0.1, -0.05) is 56.3 Å². The number of benzene rings is 3. The fourth-order valence-corrected chi connectivity index (χ4v) is 4.30. The Balaban J connectivity index is 1.39. The van der Waals surface area contributed by atoms with Crippen LogP contribution in [0.4, 0.5) is 5.69 Å². The molecule has 1 heterocycles. The lowest BCUT2D eigenvalue weighted by Crippen LogP contribution is -2.30. The number of hydrogen-bond donors (Lipinski definition) is 0. The summed E-state index contributed by atoms with van der Waals surface area (Å²) in [5.41, 5.74) is 3.41. The van der Waals surface area contributed by atoms with Gasteiger partial charge in [0.15, 0.2) is 6.10 Å². The van der Waals surface area contributed by atoms with E-state index in [0.29, 0.717) is 22.9 Å². The van der Waals surface area contributed by atoms with Crippen LogP contribution in [0.2, 0.25) is 0 Å². The second-order valence-electron chi connectivity index (χ2n) is 9.51. The fourth-order valence-electron chi connectivity index (χ4n) is 4.30. The van der Waals surface area contributed by atoms with E-state index in [1.54, 1.807) is 36.1 Å². The van der Waals surface area contributed by atoms with E-state index >= 15 is 0 Å². The van der Waals surface area contributed by atoms with E-state index < -0.39 is 18.0 Å². The van der Waals surface area contributed by atoms with Crippen LogP contribution >= 0.6 is 0 Å². The Labute approximate surface area is 211 Å². The molecule has 0 aliphatic carbocycles. The number of ketones is 1. The van der Waals surface area contributed by atoms with Gasteiger partial charge in [0.2, 0.25) is 11.7 Å². The summed E-state index contributed by atoms with van der Waals surface area (Å²) in [6, 6.07) is 22.1. The Morgan fingerprint density at radius 1 is 0.944 bits per heavy atom. The summed E-state index contributed by atoms with van der Waals surface area (Å²) in [7, 11) is 0. The molecule has 0 aromatic heterocycles. The second kappa shape index (κ2) is 10.8. The summed E-state index contributed by atoms with van der Waals surface area (Å²) >= 11 is 0. The quantitative estimate of drug-likeness (QED) is 0.286. The summed E-state index contributed by atoms with van der Waals surface area (Å²) in [5.74, 6) is 0.218. The molecule has 3 aromatic rings. The molecule has 0 N–H and O–H groups in total. The van der Waals surface area contributed by atoms with Crippen molar-refractivity contribution in [2.45, 2.75) is 46.1 Å². The molecule has 1 aliphatic heterocycles. The highest BCUT2D eigenvalue weighted by Gasteiger charge is 2.37. The van der Waals surface area contributed by atoms with Gasteiger partial charge in [-0.05, 0) is 61.2 Å². The second-order valence-corrected chi connectivity index (χ2v) is 9.51. The Morgan fingerprint density at radius 2 is 1.64 bits per heavy atom. The van der Waals surface area contributed by atoms with Crippen LogP contribution < -0.4 is 9.64 Å². The first-order valence-electron chi connectivity index (χ1n) is 12.2. The molecule has 1 aliphatic rings. The summed E-state index contributed by atoms with van der Waals surface area (Å²) in [6.07, 6.45) is -0.873. The fraction of sp³-hybridized carbons (Fsp3) is 0.300. The monoisotopic (exact) mass is 485 g/mol. The van der Waals surface area contributed by atoms with Crippen molar-refractivity contribution in [1.29, 1.82) is 0 Å². The highest BCUT2D eigenvalue weighted by molar-refractivity contribution is 6.02. The molecule has 6 heteroatoms. The molecule has 0 radical (unpaired) electrons. The SMILES string of the molecule is Cc1ccc(C(C)C)c(Oc2ccc(N3C[C@@H](C(=O)O[C@H](C)C(=O)c4ccccc4)CC3=O)cc2)c1. The van der Waals surface area contributed by atoms with Crippen LogP contribution in [-0.2, 0) is 14.3 Å². The predicted octanol–water partition coefficient (Wildman–Crippen LogP) is 6.08. The van der Waals surface area contributed by atoms with Crippen molar-refractivity contribution in [3.63, 3.8) is 0 Å². The maximum atomic E-state index is 12.7. The Kier molecular flexibility index (Phi) is 7.53. The standard InChI is InChI=1S/C30H31NO5/c1-19(2)26-15-10-20(3)16-27(26)36-25-13-11-24(12-14-25)31-18-23(17-28(31)32)30(34)35-21(4)29(33)22-8-6-5-7-9-22/h5-16,19,21,23H,17-18H2,1-4H3/t21-,23+/m1/s1. The van der Waals surface area contributed by atoms with Crippen LogP contribution in [0.1, 0.15) is 54.6 Å². The van der Waals surface area contributed by atoms with E-state index in [4.69, 9.17) is 9.47 Å². The van der Waals surface area contributed by atoms with Crippen LogP contribution in [0, 0.1) is 12.8 Å². The van der Waals surface area contributed by atoms with Crippen molar-refractivity contribution < 1.29 is 23.9 Å². The third kappa shape index (κ3) is 5.65. The molecule has 1 fully saturated rings. The van der Waals surface area contributed by atoms with Gasteiger partial charge in [-0.25, -0.2) is 0 Å². The van der Waals surface area contributed by atoms with Crippen molar-refractivity contribution >= 4 is 23.3 Å². The molecule has 6 nitrogen and oxygen atoms in total. The zero-order valence-corrected chi connectivity index (χ0v) is 21.1. The van der Waals surface area contributed by atoms with Crippen LogP contribution in [0.15, 0.2) is 72.8 Å². The molecule has 0 bridgehead atoms. The van der Waals surface area contributed by atoms with Crippen LogP contribution in [-0.4, -0.2) is 30.3 Å². The number of ether oxygens (including phenoxy) is 2. The third-order valence-electron chi connectivity index (χ3n) is 6.35. The van der Waals surface area contributed by atoms with Crippen molar-refractivity contribution in [2.24, 2.45) is 5.92 Å². The minimum Gasteiger partial charge on any atom is -0.457 e. The zero-order chi connectivity index (χ0) is 25.8. The van der Waals surface area contributed by atoms with Crippen LogP contribution in [0.3, 0.4) is 0 Å². The molecule has 0 spiro atoms. The molecule has 1 amide bonds. The number of hydrogen-bond acceptors (Lipinski definition) is 5. The first-order chi connectivity index (χ1) is 17.2. The molecule has 2 atom stereocenters. The smallest absolute Gasteiger partial charge is 0.312 e. The van der Waals surface area contributed by atoms with E-state index in [0.717, 1.165) is 16.9 Å². The molecule has 0 saturated carbocycles. The number of anilines is 1. The van der Waals surface area contributed by atoms with Crippen molar-refractivity contribution in [2.75, 3.05) is 11.4 Å². The molecule has 4 rings (SSSR count).